The van der Waals surface area contributed by atoms with Gasteiger partial charge in [0.1, 0.15) is 5.01 Å². The summed E-state index contributed by atoms with van der Waals surface area (Å²) in [5.74, 6) is 0. The summed E-state index contributed by atoms with van der Waals surface area (Å²) in [4.78, 5) is 6.08. The van der Waals surface area contributed by atoms with Crippen LogP contribution in [0.1, 0.15) is 29.5 Å². The van der Waals surface area contributed by atoms with Crippen molar-refractivity contribution in [3.8, 4) is 10.6 Å². The Balaban J connectivity index is 1.90. The van der Waals surface area contributed by atoms with Gasteiger partial charge in [-0.2, -0.15) is 0 Å². The van der Waals surface area contributed by atoms with E-state index in [0.29, 0.717) is 6.04 Å². The van der Waals surface area contributed by atoms with E-state index in [9.17, 15) is 0 Å². The second kappa shape index (κ2) is 4.28. The van der Waals surface area contributed by atoms with Crippen molar-refractivity contribution in [2.45, 2.75) is 25.8 Å². The Morgan fingerprint density at radius 3 is 3.06 bits per heavy atom. The standard InChI is InChI=1S/C12H14N2S2/c1-8-4-6-15-11(8)10-7-16-12(14-10)9-3-2-5-13-9/h4,6-7,9,13H,2-3,5H2,1H3. The fourth-order valence-electron chi connectivity index (χ4n) is 2.08. The van der Waals surface area contributed by atoms with Crippen molar-refractivity contribution in [3.63, 3.8) is 0 Å². The van der Waals surface area contributed by atoms with E-state index < -0.39 is 0 Å². The Hall–Kier alpha value is -0.710. The van der Waals surface area contributed by atoms with Crippen LogP contribution in [0.25, 0.3) is 10.6 Å². The third-order valence-electron chi connectivity index (χ3n) is 2.98. The van der Waals surface area contributed by atoms with Gasteiger partial charge in [0.05, 0.1) is 16.6 Å². The Kier molecular flexibility index (Phi) is 2.79. The second-order valence-corrected chi connectivity index (χ2v) is 5.96. The summed E-state index contributed by atoms with van der Waals surface area (Å²) in [6.07, 6.45) is 2.51. The normalized spacial score (nSPS) is 20.4. The third-order valence-corrected chi connectivity index (χ3v) is 4.97. The minimum atomic E-state index is 0.499. The minimum absolute atomic E-state index is 0.499. The SMILES string of the molecule is Cc1ccsc1-c1csc(C2CCCN2)n1. The Bertz CT molecular complexity index is 481. The van der Waals surface area contributed by atoms with Crippen LogP contribution >= 0.6 is 22.7 Å². The average Bonchev–Trinajstić information content (AvgIpc) is 2.96. The summed E-state index contributed by atoms with van der Waals surface area (Å²) < 4.78 is 0. The molecule has 16 heavy (non-hydrogen) atoms. The van der Waals surface area contributed by atoms with Crippen molar-refractivity contribution >= 4 is 22.7 Å². The van der Waals surface area contributed by atoms with Crippen LogP contribution in [0.3, 0.4) is 0 Å². The molecule has 0 spiro atoms. The molecule has 1 aliphatic rings. The van der Waals surface area contributed by atoms with Gasteiger partial charge in [-0.05, 0) is 43.3 Å². The van der Waals surface area contributed by atoms with Crippen molar-refractivity contribution in [2.24, 2.45) is 0 Å². The quantitative estimate of drug-likeness (QED) is 0.881. The number of aromatic nitrogens is 1. The largest absolute Gasteiger partial charge is 0.308 e. The van der Waals surface area contributed by atoms with E-state index in [1.165, 1.54) is 28.3 Å². The second-order valence-electron chi connectivity index (χ2n) is 4.15. The van der Waals surface area contributed by atoms with Gasteiger partial charge in [-0.15, -0.1) is 22.7 Å². The summed E-state index contributed by atoms with van der Waals surface area (Å²) in [6.45, 7) is 3.29. The van der Waals surface area contributed by atoms with Gasteiger partial charge in [-0.1, -0.05) is 0 Å². The van der Waals surface area contributed by atoms with Gasteiger partial charge in [0.25, 0.3) is 0 Å². The number of rotatable bonds is 2. The molecular weight excluding hydrogens is 236 g/mol. The molecule has 2 nitrogen and oxygen atoms in total. The lowest BCUT2D eigenvalue weighted by molar-refractivity contribution is 0.643. The fourth-order valence-corrected chi connectivity index (χ4v) is 3.96. The van der Waals surface area contributed by atoms with Crippen molar-refractivity contribution in [3.05, 3.63) is 27.4 Å². The molecule has 84 valence electrons. The summed E-state index contributed by atoms with van der Waals surface area (Å²) in [6, 6.07) is 2.66. The van der Waals surface area contributed by atoms with E-state index in [-0.39, 0.29) is 0 Å². The van der Waals surface area contributed by atoms with Gasteiger partial charge in [-0.25, -0.2) is 4.98 Å². The molecule has 1 unspecified atom stereocenters. The van der Waals surface area contributed by atoms with Crippen molar-refractivity contribution in [1.29, 1.82) is 0 Å². The first-order chi connectivity index (χ1) is 7.84. The first kappa shape index (κ1) is 10.4. The minimum Gasteiger partial charge on any atom is -0.308 e. The van der Waals surface area contributed by atoms with Crippen LogP contribution in [0.4, 0.5) is 0 Å². The van der Waals surface area contributed by atoms with Crippen molar-refractivity contribution in [1.82, 2.24) is 10.3 Å². The van der Waals surface area contributed by atoms with Gasteiger partial charge in [0.2, 0.25) is 0 Å². The number of thiazole rings is 1. The van der Waals surface area contributed by atoms with Crippen LogP contribution in [0, 0.1) is 6.92 Å². The molecule has 3 heterocycles. The van der Waals surface area contributed by atoms with Gasteiger partial charge in [0, 0.05) is 5.38 Å². The molecule has 1 atom stereocenters. The molecule has 0 aliphatic carbocycles. The zero-order valence-corrected chi connectivity index (χ0v) is 10.8. The Morgan fingerprint density at radius 2 is 2.38 bits per heavy atom. The molecule has 0 aromatic carbocycles. The molecule has 2 aromatic heterocycles. The summed E-state index contributed by atoms with van der Waals surface area (Å²) in [5.41, 5.74) is 2.49. The smallest absolute Gasteiger partial charge is 0.110 e. The van der Waals surface area contributed by atoms with E-state index in [2.05, 4.69) is 29.1 Å². The molecule has 1 fully saturated rings. The maximum Gasteiger partial charge on any atom is 0.110 e. The lowest BCUT2D eigenvalue weighted by Gasteiger charge is -2.04. The van der Waals surface area contributed by atoms with Gasteiger partial charge in [0.15, 0.2) is 0 Å². The van der Waals surface area contributed by atoms with Crippen molar-refractivity contribution < 1.29 is 0 Å². The zero-order valence-electron chi connectivity index (χ0n) is 9.19. The number of hydrogen-bond donors (Lipinski definition) is 1. The van der Waals surface area contributed by atoms with E-state index in [0.717, 1.165) is 12.2 Å². The van der Waals surface area contributed by atoms with Crippen LogP contribution < -0.4 is 5.32 Å². The number of hydrogen-bond acceptors (Lipinski definition) is 4. The lowest BCUT2D eigenvalue weighted by Crippen LogP contribution is -2.12. The number of nitrogens with one attached hydrogen (secondary N) is 1. The van der Waals surface area contributed by atoms with E-state index in [1.807, 2.05) is 0 Å². The van der Waals surface area contributed by atoms with Crippen LogP contribution in [-0.4, -0.2) is 11.5 Å². The molecule has 3 rings (SSSR count). The van der Waals surface area contributed by atoms with Crippen LogP contribution in [0.15, 0.2) is 16.8 Å². The first-order valence-electron chi connectivity index (χ1n) is 5.58. The van der Waals surface area contributed by atoms with Gasteiger partial charge < -0.3 is 5.32 Å². The maximum absolute atomic E-state index is 4.76. The highest BCUT2D eigenvalue weighted by atomic mass is 32.1. The highest BCUT2D eigenvalue weighted by Gasteiger charge is 2.20. The van der Waals surface area contributed by atoms with E-state index in [4.69, 9.17) is 4.98 Å². The lowest BCUT2D eigenvalue weighted by atomic mass is 10.2. The predicted octanol–water partition coefficient (Wildman–Crippen LogP) is 3.60. The zero-order chi connectivity index (χ0) is 11.0. The first-order valence-corrected chi connectivity index (χ1v) is 7.34. The van der Waals surface area contributed by atoms with Crippen LogP contribution in [0.2, 0.25) is 0 Å². The van der Waals surface area contributed by atoms with Gasteiger partial charge in [-0.3, -0.25) is 0 Å². The van der Waals surface area contributed by atoms with E-state index >= 15 is 0 Å². The summed E-state index contributed by atoms with van der Waals surface area (Å²) in [5, 5.41) is 9.07. The topological polar surface area (TPSA) is 24.9 Å². The molecule has 1 aliphatic heterocycles. The molecule has 2 aromatic rings. The Labute approximate surface area is 103 Å². The molecule has 0 bridgehead atoms. The number of aryl methyl sites for hydroxylation is 1. The molecule has 0 radical (unpaired) electrons. The Morgan fingerprint density at radius 1 is 1.44 bits per heavy atom. The molecule has 0 amide bonds. The van der Waals surface area contributed by atoms with Crippen molar-refractivity contribution in [2.75, 3.05) is 6.54 Å². The van der Waals surface area contributed by atoms with Gasteiger partial charge >= 0.3 is 0 Å². The van der Waals surface area contributed by atoms with Crippen LogP contribution in [-0.2, 0) is 0 Å². The molecule has 0 saturated carbocycles. The number of thiophene rings is 1. The molecule has 4 heteroatoms. The summed E-state index contributed by atoms with van der Waals surface area (Å²) in [7, 11) is 0. The monoisotopic (exact) mass is 250 g/mol. The molecule has 1 saturated heterocycles. The molecular formula is C12H14N2S2. The average molecular weight is 250 g/mol. The number of nitrogens with zero attached hydrogens (tertiary/aromatic N) is 1. The van der Waals surface area contributed by atoms with E-state index in [1.54, 1.807) is 22.7 Å². The van der Waals surface area contributed by atoms with Crippen LogP contribution in [0.5, 0.6) is 0 Å². The highest BCUT2D eigenvalue weighted by molar-refractivity contribution is 7.14. The summed E-state index contributed by atoms with van der Waals surface area (Å²) >= 11 is 3.57. The molecule has 1 N–H and O–H groups in total. The maximum atomic E-state index is 4.76. The highest BCUT2D eigenvalue weighted by Crippen LogP contribution is 2.33. The predicted molar refractivity (Wildman–Crippen MR) is 70.1 cm³/mol. The third kappa shape index (κ3) is 1.81. The fraction of sp³-hybridized carbons (Fsp3) is 0.417.